The third kappa shape index (κ3) is 5.67. The van der Waals surface area contributed by atoms with Gasteiger partial charge in [0, 0.05) is 24.7 Å². The predicted octanol–water partition coefficient (Wildman–Crippen LogP) is 3.84. The van der Waals surface area contributed by atoms with Gasteiger partial charge in [0.1, 0.15) is 0 Å². The van der Waals surface area contributed by atoms with Gasteiger partial charge in [0.25, 0.3) is 0 Å². The Labute approximate surface area is 176 Å². The van der Waals surface area contributed by atoms with Gasteiger partial charge in [-0.1, -0.05) is 60.1 Å². The van der Waals surface area contributed by atoms with Gasteiger partial charge in [0.2, 0.25) is 5.89 Å². The molecule has 0 spiro atoms. The van der Waals surface area contributed by atoms with Crippen molar-refractivity contribution in [2.75, 3.05) is 18.4 Å². The predicted molar refractivity (Wildman–Crippen MR) is 115 cm³/mol. The lowest BCUT2D eigenvalue weighted by Gasteiger charge is -2.34. The fourth-order valence-electron chi connectivity index (χ4n) is 3.78. The Morgan fingerprint density at radius 1 is 1.07 bits per heavy atom. The maximum Gasteiger partial charge on any atom is 0.319 e. The van der Waals surface area contributed by atoms with Crippen LogP contribution < -0.4 is 10.6 Å². The molecular weight excluding hydrogens is 378 g/mol. The van der Waals surface area contributed by atoms with E-state index in [9.17, 15) is 4.79 Å². The minimum Gasteiger partial charge on any atom is -0.338 e. The van der Waals surface area contributed by atoms with Crippen molar-refractivity contribution in [3.05, 3.63) is 77.9 Å². The van der Waals surface area contributed by atoms with Gasteiger partial charge in [-0.05, 0) is 37.1 Å². The number of nitrogens with one attached hydrogen (secondary N) is 2. The van der Waals surface area contributed by atoms with E-state index in [1.165, 1.54) is 0 Å². The van der Waals surface area contributed by atoms with E-state index in [1.54, 1.807) is 0 Å². The highest BCUT2D eigenvalue weighted by molar-refractivity contribution is 5.89. The molecule has 1 aliphatic heterocycles. The van der Waals surface area contributed by atoms with Crippen molar-refractivity contribution in [1.82, 2.24) is 20.4 Å². The first kappa shape index (κ1) is 20.1. The van der Waals surface area contributed by atoms with Gasteiger partial charge in [-0.3, -0.25) is 4.90 Å². The van der Waals surface area contributed by atoms with E-state index < -0.39 is 0 Å². The molecule has 1 unspecified atom stereocenters. The summed E-state index contributed by atoms with van der Waals surface area (Å²) in [5, 5.41) is 9.99. The van der Waals surface area contributed by atoms with Crippen LogP contribution >= 0.6 is 0 Å². The fourth-order valence-corrected chi connectivity index (χ4v) is 3.78. The van der Waals surface area contributed by atoms with Crippen molar-refractivity contribution in [3.8, 4) is 0 Å². The molecule has 0 bridgehead atoms. The normalized spacial score (nSPS) is 16.9. The summed E-state index contributed by atoms with van der Waals surface area (Å²) in [7, 11) is 0. The fraction of sp³-hybridized carbons (Fsp3) is 0.348. The molecule has 3 aromatic rings. The van der Waals surface area contributed by atoms with Crippen molar-refractivity contribution in [3.63, 3.8) is 0 Å². The summed E-state index contributed by atoms with van der Waals surface area (Å²) >= 11 is 0. The number of piperidine rings is 1. The van der Waals surface area contributed by atoms with Crippen molar-refractivity contribution >= 4 is 11.7 Å². The lowest BCUT2D eigenvalue weighted by Crippen LogP contribution is -2.47. The smallest absolute Gasteiger partial charge is 0.319 e. The standard InChI is InChI=1S/C23H27N5O2/c29-23(25-19-11-5-2-6-12-19)24-16-20-13-7-8-14-28(20)17-22-26-21(27-30-22)15-18-9-3-1-4-10-18/h1-6,9-12,20H,7-8,13-17H2,(H2,24,25,29). The minimum atomic E-state index is -0.185. The molecule has 1 fully saturated rings. The molecule has 1 aromatic heterocycles. The largest absolute Gasteiger partial charge is 0.338 e. The third-order valence-electron chi connectivity index (χ3n) is 5.33. The van der Waals surface area contributed by atoms with Gasteiger partial charge in [0.05, 0.1) is 6.54 Å². The molecule has 156 valence electrons. The number of urea groups is 1. The monoisotopic (exact) mass is 405 g/mol. The molecule has 30 heavy (non-hydrogen) atoms. The number of benzene rings is 2. The van der Waals surface area contributed by atoms with Crippen molar-refractivity contribution in [2.45, 2.75) is 38.3 Å². The molecule has 0 radical (unpaired) electrons. The summed E-state index contributed by atoms with van der Waals surface area (Å²) in [6.07, 6.45) is 4.00. The average molecular weight is 406 g/mol. The van der Waals surface area contributed by atoms with E-state index in [0.717, 1.165) is 37.1 Å². The number of nitrogens with zero attached hydrogens (tertiary/aromatic N) is 3. The molecule has 2 N–H and O–H groups in total. The SMILES string of the molecule is O=C(NCC1CCCCN1Cc1nc(Cc2ccccc2)no1)Nc1ccccc1. The maximum absolute atomic E-state index is 12.2. The zero-order chi connectivity index (χ0) is 20.6. The molecule has 0 aliphatic carbocycles. The summed E-state index contributed by atoms with van der Waals surface area (Å²) in [6.45, 7) is 2.15. The minimum absolute atomic E-state index is 0.185. The van der Waals surface area contributed by atoms with E-state index in [2.05, 4.69) is 37.8 Å². The average Bonchev–Trinajstić information content (AvgIpc) is 3.21. The van der Waals surface area contributed by atoms with Crippen LogP contribution in [0.25, 0.3) is 0 Å². The van der Waals surface area contributed by atoms with Crippen molar-refractivity contribution in [1.29, 1.82) is 0 Å². The number of para-hydroxylation sites is 1. The molecule has 2 amide bonds. The summed E-state index contributed by atoms with van der Waals surface area (Å²) in [4.78, 5) is 19.1. The second kappa shape index (κ2) is 10.0. The lowest BCUT2D eigenvalue weighted by molar-refractivity contribution is 0.123. The van der Waals surface area contributed by atoms with E-state index in [4.69, 9.17) is 4.52 Å². The van der Waals surface area contributed by atoms with Gasteiger partial charge in [0.15, 0.2) is 5.82 Å². The molecule has 2 heterocycles. The first-order valence-electron chi connectivity index (χ1n) is 10.5. The first-order chi connectivity index (χ1) is 14.8. The Morgan fingerprint density at radius 3 is 2.63 bits per heavy atom. The van der Waals surface area contributed by atoms with E-state index in [1.807, 2.05) is 48.5 Å². The van der Waals surface area contributed by atoms with E-state index in [0.29, 0.717) is 31.2 Å². The molecular formula is C23H27N5O2. The Balaban J connectivity index is 1.30. The number of aromatic nitrogens is 2. The summed E-state index contributed by atoms with van der Waals surface area (Å²) < 4.78 is 5.49. The van der Waals surface area contributed by atoms with E-state index in [-0.39, 0.29) is 12.1 Å². The van der Waals surface area contributed by atoms with Crippen LogP contribution in [0.2, 0.25) is 0 Å². The number of hydrogen-bond donors (Lipinski definition) is 2. The van der Waals surface area contributed by atoms with Crippen LogP contribution in [-0.4, -0.2) is 40.2 Å². The number of amides is 2. The number of rotatable bonds is 7. The van der Waals surface area contributed by atoms with Crippen LogP contribution in [0, 0.1) is 0 Å². The van der Waals surface area contributed by atoms with Crippen LogP contribution in [-0.2, 0) is 13.0 Å². The summed E-state index contributed by atoms with van der Waals surface area (Å²) in [5.41, 5.74) is 1.95. The molecule has 1 atom stereocenters. The van der Waals surface area contributed by atoms with Crippen LogP contribution in [0.1, 0.15) is 36.5 Å². The molecule has 7 nitrogen and oxygen atoms in total. The van der Waals surface area contributed by atoms with Crippen LogP contribution in [0.15, 0.2) is 65.2 Å². The zero-order valence-corrected chi connectivity index (χ0v) is 17.0. The molecule has 0 saturated carbocycles. The molecule has 7 heteroatoms. The first-order valence-corrected chi connectivity index (χ1v) is 10.5. The number of hydrogen-bond acceptors (Lipinski definition) is 5. The van der Waals surface area contributed by atoms with Crippen molar-refractivity contribution < 1.29 is 9.32 Å². The number of anilines is 1. The highest BCUT2D eigenvalue weighted by Gasteiger charge is 2.25. The Kier molecular flexibility index (Phi) is 6.72. The van der Waals surface area contributed by atoms with Gasteiger partial charge >= 0.3 is 6.03 Å². The van der Waals surface area contributed by atoms with E-state index >= 15 is 0 Å². The van der Waals surface area contributed by atoms with Crippen LogP contribution in [0.4, 0.5) is 10.5 Å². The second-order valence-corrected chi connectivity index (χ2v) is 7.59. The van der Waals surface area contributed by atoms with Gasteiger partial charge in [-0.25, -0.2) is 4.79 Å². The molecule has 4 rings (SSSR count). The van der Waals surface area contributed by atoms with Crippen LogP contribution in [0.3, 0.4) is 0 Å². The number of carbonyl (C=O) groups excluding carboxylic acids is 1. The molecule has 2 aromatic carbocycles. The molecule has 1 aliphatic rings. The number of likely N-dealkylation sites (tertiary alicyclic amines) is 1. The van der Waals surface area contributed by atoms with Crippen molar-refractivity contribution in [2.24, 2.45) is 0 Å². The highest BCUT2D eigenvalue weighted by Crippen LogP contribution is 2.19. The Hall–Kier alpha value is -3.19. The summed E-state index contributed by atoms with van der Waals surface area (Å²) in [6, 6.07) is 19.7. The quantitative estimate of drug-likeness (QED) is 0.624. The highest BCUT2D eigenvalue weighted by atomic mass is 16.5. The maximum atomic E-state index is 12.2. The second-order valence-electron chi connectivity index (χ2n) is 7.59. The Bertz CT molecular complexity index is 929. The topological polar surface area (TPSA) is 83.3 Å². The lowest BCUT2D eigenvalue weighted by atomic mass is 10.0. The Morgan fingerprint density at radius 2 is 1.83 bits per heavy atom. The zero-order valence-electron chi connectivity index (χ0n) is 17.0. The van der Waals surface area contributed by atoms with Gasteiger partial charge in [-0.2, -0.15) is 4.98 Å². The molecule has 1 saturated heterocycles. The van der Waals surface area contributed by atoms with Gasteiger partial charge < -0.3 is 15.2 Å². The summed E-state index contributed by atoms with van der Waals surface area (Å²) in [5.74, 6) is 1.33. The van der Waals surface area contributed by atoms with Crippen LogP contribution in [0.5, 0.6) is 0 Å². The third-order valence-corrected chi connectivity index (χ3v) is 5.33. The van der Waals surface area contributed by atoms with Gasteiger partial charge in [-0.15, -0.1) is 0 Å². The number of carbonyl (C=O) groups is 1.